The fourth-order valence-corrected chi connectivity index (χ4v) is 4.06. The molecule has 10 nitrogen and oxygen atoms in total. The third kappa shape index (κ3) is 4.72. The number of anilines is 5. The van der Waals surface area contributed by atoms with Crippen molar-refractivity contribution in [1.82, 2.24) is 24.9 Å². The zero-order chi connectivity index (χ0) is 25.9. The number of pyridine rings is 3. The van der Waals surface area contributed by atoms with Crippen molar-refractivity contribution in [2.24, 2.45) is 0 Å². The highest BCUT2D eigenvalue weighted by Crippen LogP contribution is 2.36. The van der Waals surface area contributed by atoms with E-state index in [0.717, 1.165) is 33.3 Å². The average molecular weight is 493 g/mol. The van der Waals surface area contributed by atoms with Crippen LogP contribution < -0.4 is 16.0 Å². The van der Waals surface area contributed by atoms with Crippen molar-refractivity contribution in [2.75, 3.05) is 23.0 Å². The van der Waals surface area contributed by atoms with Crippen LogP contribution in [0.2, 0.25) is 0 Å². The molecule has 4 N–H and O–H groups in total. The minimum atomic E-state index is -1.03. The molecule has 5 rings (SSSR count). The lowest BCUT2D eigenvalue weighted by Gasteiger charge is -2.17. The summed E-state index contributed by atoms with van der Waals surface area (Å²) >= 11 is 0. The molecule has 37 heavy (non-hydrogen) atoms. The van der Waals surface area contributed by atoms with E-state index in [2.05, 4.69) is 40.9 Å². The van der Waals surface area contributed by atoms with E-state index in [1.165, 1.54) is 6.33 Å². The maximum atomic E-state index is 11.6. The number of nitrogens with one attached hydrogen (secondary N) is 3. The van der Waals surface area contributed by atoms with E-state index in [0.29, 0.717) is 28.8 Å². The summed E-state index contributed by atoms with van der Waals surface area (Å²) in [5.41, 5.74) is 4.58. The second-order valence-electron chi connectivity index (χ2n) is 8.36. The van der Waals surface area contributed by atoms with Crippen molar-refractivity contribution in [3.63, 3.8) is 0 Å². The van der Waals surface area contributed by atoms with Gasteiger partial charge in [0.15, 0.2) is 0 Å². The Kier molecular flexibility index (Phi) is 6.29. The van der Waals surface area contributed by atoms with Gasteiger partial charge >= 0.3 is 5.97 Å². The molecule has 0 aliphatic heterocycles. The standard InChI is InChI=1S/C27H24N8O2/c1-15-6-7-19-18(8-10-30-25(19)34-17-11-21(27(36)37)16(2)31-13-17)24(15)35-26-20(5-4-9-29-26)22-12-23(28-3)33-14-32-22/h4-14H,1-3H3,(H,29,35)(H,30,34)(H,36,37)(H,28,32,33). The largest absolute Gasteiger partial charge is 0.478 e. The SMILES string of the molecule is CNc1cc(-c2cccnc2Nc2c(C)ccc3c(Nc4cnc(C)c(C(=O)O)c4)nccc23)ncn1. The number of aromatic carboxylic acids is 1. The normalized spacial score (nSPS) is 10.8. The van der Waals surface area contributed by atoms with Gasteiger partial charge in [-0.3, -0.25) is 4.98 Å². The number of nitrogens with zero attached hydrogens (tertiary/aromatic N) is 5. The van der Waals surface area contributed by atoms with Crippen LogP contribution in [0.3, 0.4) is 0 Å². The first-order valence-electron chi connectivity index (χ1n) is 11.5. The van der Waals surface area contributed by atoms with E-state index in [4.69, 9.17) is 0 Å². The summed E-state index contributed by atoms with van der Waals surface area (Å²) in [6, 6.07) is 13.2. The van der Waals surface area contributed by atoms with Gasteiger partial charge in [-0.2, -0.15) is 0 Å². The van der Waals surface area contributed by atoms with E-state index >= 15 is 0 Å². The Bertz CT molecular complexity index is 1640. The number of benzene rings is 1. The molecule has 0 aliphatic rings. The lowest BCUT2D eigenvalue weighted by atomic mass is 10.0. The van der Waals surface area contributed by atoms with Crippen molar-refractivity contribution < 1.29 is 9.90 Å². The summed E-state index contributed by atoms with van der Waals surface area (Å²) in [5, 5.41) is 21.0. The third-order valence-corrected chi connectivity index (χ3v) is 5.98. The van der Waals surface area contributed by atoms with Crippen molar-refractivity contribution >= 4 is 45.6 Å². The second-order valence-corrected chi connectivity index (χ2v) is 8.36. The first-order chi connectivity index (χ1) is 17.9. The first kappa shape index (κ1) is 23.6. The summed E-state index contributed by atoms with van der Waals surface area (Å²) in [4.78, 5) is 33.5. The molecule has 0 saturated heterocycles. The number of fused-ring (bicyclic) bond motifs is 1. The minimum Gasteiger partial charge on any atom is -0.478 e. The molecule has 0 aliphatic carbocycles. The molecule has 5 aromatic rings. The molecule has 0 saturated carbocycles. The number of aromatic nitrogens is 5. The number of carboxylic acids is 1. The van der Waals surface area contributed by atoms with Crippen LogP contribution in [-0.4, -0.2) is 43.0 Å². The lowest BCUT2D eigenvalue weighted by molar-refractivity contribution is 0.0695. The fourth-order valence-electron chi connectivity index (χ4n) is 4.06. The smallest absolute Gasteiger partial charge is 0.337 e. The van der Waals surface area contributed by atoms with Gasteiger partial charge in [0, 0.05) is 41.8 Å². The zero-order valence-electron chi connectivity index (χ0n) is 20.4. The van der Waals surface area contributed by atoms with Gasteiger partial charge in [-0.15, -0.1) is 0 Å². The molecule has 4 heterocycles. The van der Waals surface area contributed by atoms with E-state index < -0.39 is 5.97 Å². The van der Waals surface area contributed by atoms with Gasteiger partial charge in [0.2, 0.25) is 0 Å². The molecule has 0 atom stereocenters. The highest BCUT2D eigenvalue weighted by atomic mass is 16.4. The fraction of sp³-hybridized carbons (Fsp3) is 0.111. The number of carbonyl (C=O) groups is 1. The van der Waals surface area contributed by atoms with Crippen LogP contribution in [0.15, 0.2) is 67.4 Å². The monoisotopic (exact) mass is 492 g/mol. The summed E-state index contributed by atoms with van der Waals surface area (Å²) < 4.78 is 0. The number of carboxylic acid groups (broad SMARTS) is 1. The van der Waals surface area contributed by atoms with Gasteiger partial charge in [0.1, 0.15) is 23.8 Å². The average Bonchev–Trinajstić information content (AvgIpc) is 2.91. The minimum absolute atomic E-state index is 0.136. The van der Waals surface area contributed by atoms with Gasteiger partial charge in [-0.25, -0.2) is 24.7 Å². The Hall–Kier alpha value is -5.12. The molecule has 0 spiro atoms. The van der Waals surface area contributed by atoms with Crippen LogP contribution >= 0.6 is 0 Å². The lowest BCUT2D eigenvalue weighted by Crippen LogP contribution is -2.04. The van der Waals surface area contributed by atoms with Crippen molar-refractivity contribution in [2.45, 2.75) is 13.8 Å². The van der Waals surface area contributed by atoms with Crippen molar-refractivity contribution in [3.8, 4) is 11.3 Å². The van der Waals surface area contributed by atoms with Crippen LogP contribution in [0.4, 0.5) is 28.8 Å². The second kappa shape index (κ2) is 9.86. The zero-order valence-corrected chi connectivity index (χ0v) is 20.4. The predicted octanol–water partition coefficient (Wildman–Crippen LogP) is 5.33. The van der Waals surface area contributed by atoms with Crippen LogP contribution in [0.5, 0.6) is 0 Å². The molecule has 0 fully saturated rings. The molecule has 0 amide bonds. The van der Waals surface area contributed by atoms with E-state index in [1.54, 1.807) is 31.6 Å². The summed E-state index contributed by atoms with van der Waals surface area (Å²) in [6.45, 7) is 3.68. The van der Waals surface area contributed by atoms with Crippen molar-refractivity contribution in [3.05, 3.63) is 84.2 Å². The van der Waals surface area contributed by atoms with Crippen LogP contribution in [0.1, 0.15) is 21.6 Å². The predicted molar refractivity (Wildman–Crippen MR) is 144 cm³/mol. The van der Waals surface area contributed by atoms with E-state index in [-0.39, 0.29) is 5.56 Å². The molecule has 10 heteroatoms. The van der Waals surface area contributed by atoms with Gasteiger partial charge in [0.25, 0.3) is 0 Å². The van der Waals surface area contributed by atoms with Crippen LogP contribution in [0.25, 0.3) is 22.0 Å². The maximum absolute atomic E-state index is 11.6. The number of hydrogen-bond acceptors (Lipinski definition) is 9. The van der Waals surface area contributed by atoms with Gasteiger partial charge in [-0.05, 0) is 43.7 Å². The molecular weight excluding hydrogens is 468 g/mol. The van der Waals surface area contributed by atoms with Crippen LogP contribution in [0, 0.1) is 13.8 Å². The summed E-state index contributed by atoms with van der Waals surface area (Å²) in [7, 11) is 1.81. The van der Waals surface area contributed by atoms with E-state index in [9.17, 15) is 9.90 Å². The van der Waals surface area contributed by atoms with Gasteiger partial charge in [-0.1, -0.05) is 12.1 Å². The molecule has 1 aromatic carbocycles. The topological polar surface area (TPSA) is 138 Å². The highest BCUT2D eigenvalue weighted by Gasteiger charge is 2.15. The maximum Gasteiger partial charge on any atom is 0.337 e. The first-order valence-corrected chi connectivity index (χ1v) is 11.5. The van der Waals surface area contributed by atoms with Crippen molar-refractivity contribution in [1.29, 1.82) is 0 Å². The Labute approximate surface area is 212 Å². The Morgan fingerprint density at radius 2 is 1.70 bits per heavy atom. The quantitative estimate of drug-likeness (QED) is 0.236. The number of hydrogen-bond donors (Lipinski definition) is 4. The Morgan fingerprint density at radius 1 is 0.865 bits per heavy atom. The van der Waals surface area contributed by atoms with E-state index in [1.807, 2.05) is 50.4 Å². The summed E-state index contributed by atoms with van der Waals surface area (Å²) in [5.74, 6) is 0.912. The molecule has 0 radical (unpaired) electrons. The summed E-state index contributed by atoms with van der Waals surface area (Å²) in [6.07, 6.45) is 6.54. The Morgan fingerprint density at radius 3 is 2.51 bits per heavy atom. The molecular formula is C27H24N8O2. The third-order valence-electron chi connectivity index (χ3n) is 5.98. The highest BCUT2D eigenvalue weighted by molar-refractivity contribution is 6.03. The van der Waals surface area contributed by atoms with Gasteiger partial charge < -0.3 is 21.1 Å². The van der Waals surface area contributed by atoms with Crippen LogP contribution in [-0.2, 0) is 0 Å². The number of rotatable bonds is 7. The Balaban J connectivity index is 1.56. The van der Waals surface area contributed by atoms with Gasteiger partial charge in [0.05, 0.1) is 34.5 Å². The molecule has 0 bridgehead atoms. The molecule has 4 aromatic heterocycles. The molecule has 0 unspecified atom stereocenters. The molecule has 184 valence electrons. The number of aryl methyl sites for hydroxylation is 2.